The van der Waals surface area contributed by atoms with Crippen LogP contribution >= 0.6 is 0 Å². The van der Waals surface area contributed by atoms with Gasteiger partial charge >= 0.3 is 0 Å². The molecule has 0 radical (unpaired) electrons. The summed E-state index contributed by atoms with van der Waals surface area (Å²) < 4.78 is 12.6. The largest absolute Gasteiger partial charge is 0.481 e. The van der Waals surface area contributed by atoms with Gasteiger partial charge in [-0.1, -0.05) is 30.3 Å². The fraction of sp³-hybridized carbons (Fsp3) is 0.306. The van der Waals surface area contributed by atoms with Crippen molar-refractivity contribution in [2.24, 2.45) is 0 Å². The van der Waals surface area contributed by atoms with Crippen molar-refractivity contribution < 1.29 is 19.1 Å². The van der Waals surface area contributed by atoms with Crippen LogP contribution in [-0.2, 0) is 22.5 Å². The number of methoxy groups -OCH3 is 1. The lowest BCUT2D eigenvalue weighted by Gasteiger charge is -2.34. The molecule has 2 aliphatic heterocycles. The Hall–Kier alpha value is -5.29. The van der Waals surface area contributed by atoms with Crippen molar-refractivity contribution >= 4 is 29.0 Å². The van der Waals surface area contributed by atoms with Crippen molar-refractivity contribution in [3.8, 4) is 28.3 Å². The van der Waals surface area contributed by atoms with Crippen LogP contribution in [0.4, 0.5) is 11.5 Å². The molecule has 5 aromatic rings. The molecule has 47 heavy (non-hydrogen) atoms. The average Bonchev–Trinajstić information content (AvgIpc) is 3.55. The summed E-state index contributed by atoms with van der Waals surface area (Å²) in [5, 5.41) is 3.02. The summed E-state index contributed by atoms with van der Waals surface area (Å²) in [5.41, 5.74) is 7.83. The number of carbonyl (C=O) groups excluding carboxylic acids is 2. The van der Waals surface area contributed by atoms with Gasteiger partial charge in [0.25, 0.3) is 5.91 Å². The highest BCUT2D eigenvalue weighted by atomic mass is 16.5. The van der Waals surface area contributed by atoms with Crippen LogP contribution in [0.1, 0.15) is 41.9 Å². The zero-order chi connectivity index (χ0) is 32.5. The van der Waals surface area contributed by atoms with Crippen LogP contribution < -0.4 is 19.9 Å². The topological polar surface area (TPSA) is 114 Å². The molecule has 2 amide bonds. The van der Waals surface area contributed by atoms with E-state index in [2.05, 4.69) is 52.5 Å². The van der Waals surface area contributed by atoms with Gasteiger partial charge in [0.2, 0.25) is 11.8 Å². The lowest BCUT2D eigenvalue weighted by Crippen LogP contribution is -2.40. The Morgan fingerprint density at radius 3 is 2.47 bits per heavy atom. The van der Waals surface area contributed by atoms with Crippen LogP contribution in [0.5, 0.6) is 5.88 Å². The summed E-state index contributed by atoms with van der Waals surface area (Å²) in [4.78, 5) is 43.6. The van der Waals surface area contributed by atoms with E-state index in [0.717, 1.165) is 40.8 Å². The van der Waals surface area contributed by atoms with E-state index in [9.17, 15) is 9.59 Å². The number of nitrogens with one attached hydrogen (secondary N) is 1. The van der Waals surface area contributed by atoms with Gasteiger partial charge in [0.1, 0.15) is 5.69 Å². The molecule has 240 valence electrons. The zero-order valence-corrected chi connectivity index (χ0v) is 26.8. The molecule has 2 aromatic carbocycles. The first-order chi connectivity index (χ1) is 22.9. The second kappa shape index (κ2) is 12.8. The SMILES string of the molecule is COc1ccc(-c2cn3cc(C(=O)NCc4ccc(-c5ccc6c(c5)CC[C@H](C)N6C(C)=O)cc4)nc3c(N3CCOCC3)n2)cn1. The number of carbonyl (C=O) groups is 2. The Morgan fingerprint density at radius 1 is 0.979 bits per heavy atom. The summed E-state index contributed by atoms with van der Waals surface area (Å²) in [6, 6.07) is 18.4. The maximum Gasteiger partial charge on any atom is 0.271 e. The summed E-state index contributed by atoms with van der Waals surface area (Å²) >= 11 is 0. The first-order valence-corrected chi connectivity index (χ1v) is 15.9. The van der Waals surface area contributed by atoms with Crippen LogP contribution in [0.25, 0.3) is 28.0 Å². The average molecular weight is 632 g/mol. The maximum atomic E-state index is 13.3. The Bertz CT molecular complexity index is 1930. The molecule has 1 saturated heterocycles. The third kappa shape index (κ3) is 6.14. The minimum atomic E-state index is -0.266. The third-order valence-corrected chi connectivity index (χ3v) is 8.90. The Kier molecular flexibility index (Phi) is 8.30. The number of amides is 2. The molecular weight excluding hydrogens is 594 g/mol. The highest BCUT2D eigenvalue weighted by Gasteiger charge is 2.26. The Balaban J connectivity index is 1.08. The predicted molar refractivity (Wildman–Crippen MR) is 180 cm³/mol. The highest BCUT2D eigenvalue weighted by Crippen LogP contribution is 2.34. The van der Waals surface area contributed by atoms with Crippen LogP contribution in [-0.4, -0.2) is 70.6 Å². The second-order valence-corrected chi connectivity index (χ2v) is 12.0. The molecule has 0 spiro atoms. The fourth-order valence-electron chi connectivity index (χ4n) is 6.37. The molecule has 0 bridgehead atoms. The van der Waals surface area contributed by atoms with Crippen molar-refractivity contribution in [2.75, 3.05) is 43.2 Å². The summed E-state index contributed by atoms with van der Waals surface area (Å²) in [5.74, 6) is 1.03. The summed E-state index contributed by atoms with van der Waals surface area (Å²) in [7, 11) is 1.58. The van der Waals surface area contributed by atoms with Crippen LogP contribution in [0.3, 0.4) is 0 Å². The van der Waals surface area contributed by atoms with Gasteiger partial charge in [0.15, 0.2) is 11.5 Å². The molecule has 0 unspecified atom stereocenters. The van der Waals surface area contributed by atoms with Crippen molar-refractivity contribution in [3.05, 3.63) is 90.0 Å². The number of benzene rings is 2. The quantitative estimate of drug-likeness (QED) is 0.269. The van der Waals surface area contributed by atoms with E-state index in [-0.39, 0.29) is 17.9 Å². The normalized spacial score (nSPS) is 16.2. The van der Waals surface area contributed by atoms with E-state index in [1.54, 1.807) is 32.5 Å². The van der Waals surface area contributed by atoms with E-state index >= 15 is 0 Å². The first kappa shape index (κ1) is 30.4. The number of hydrogen-bond donors (Lipinski definition) is 1. The molecule has 0 saturated carbocycles. The van der Waals surface area contributed by atoms with Gasteiger partial charge in [-0.05, 0) is 60.2 Å². The minimum absolute atomic E-state index is 0.0753. The van der Waals surface area contributed by atoms with E-state index in [1.807, 2.05) is 33.7 Å². The van der Waals surface area contributed by atoms with Crippen LogP contribution in [0.2, 0.25) is 0 Å². The molecule has 5 heterocycles. The van der Waals surface area contributed by atoms with Gasteiger partial charge < -0.3 is 29.0 Å². The standard InChI is InChI=1S/C36H37N7O4/c1-23-4-7-28-18-27(10-12-32(28)43(23)24(2)44)26-8-5-25(6-9-26)19-38-36(45)31-22-42-21-30(29-11-13-33(46-3)37-20-29)39-34(35(42)40-31)41-14-16-47-17-15-41/h5-6,8-13,18,20-23H,4,7,14-17,19H2,1-3H3,(H,38,45)/t23-/m0/s1. The lowest BCUT2D eigenvalue weighted by molar-refractivity contribution is -0.117. The molecule has 11 heteroatoms. The number of hydrogen-bond acceptors (Lipinski definition) is 8. The van der Waals surface area contributed by atoms with Crippen molar-refractivity contribution in [2.45, 2.75) is 39.3 Å². The predicted octanol–water partition coefficient (Wildman–Crippen LogP) is 4.92. The van der Waals surface area contributed by atoms with Crippen LogP contribution in [0, 0.1) is 0 Å². The molecule has 7 rings (SSSR count). The molecule has 3 aromatic heterocycles. The van der Waals surface area contributed by atoms with E-state index < -0.39 is 0 Å². The van der Waals surface area contributed by atoms with Gasteiger partial charge in [-0.25, -0.2) is 15.0 Å². The minimum Gasteiger partial charge on any atom is -0.481 e. The monoisotopic (exact) mass is 631 g/mol. The first-order valence-electron chi connectivity index (χ1n) is 15.9. The number of fused-ring (bicyclic) bond motifs is 2. The summed E-state index contributed by atoms with van der Waals surface area (Å²) in [6.45, 7) is 6.64. The number of rotatable bonds is 7. The number of imidazole rings is 1. The molecule has 11 nitrogen and oxygen atoms in total. The van der Waals surface area contributed by atoms with Crippen molar-refractivity contribution in [1.29, 1.82) is 0 Å². The number of aromatic nitrogens is 4. The van der Waals surface area contributed by atoms with Gasteiger partial charge in [0, 0.05) is 68.5 Å². The maximum absolute atomic E-state index is 13.3. The highest BCUT2D eigenvalue weighted by molar-refractivity contribution is 5.94. The smallest absolute Gasteiger partial charge is 0.271 e. The molecular formula is C36H37N7O4. The number of ether oxygens (including phenoxy) is 2. The fourth-order valence-corrected chi connectivity index (χ4v) is 6.37. The van der Waals surface area contributed by atoms with Crippen molar-refractivity contribution in [3.63, 3.8) is 0 Å². The molecule has 0 aliphatic carbocycles. The Morgan fingerprint density at radius 2 is 1.74 bits per heavy atom. The molecule has 1 N–H and O–H groups in total. The van der Waals surface area contributed by atoms with Gasteiger partial charge in [-0.15, -0.1) is 0 Å². The number of aryl methyl sites for hydroxylation is 1. The van der Waals surface area contributed by atoms with E-state index in [4.69, 9.17) is 19.4 Å². The number of nitrogens with zero attached hydrogens (tertiary/aromatic N) is 6. The molecule has 2 aliphatic rings. The van der Waals surface area contributed by atoms with E-state index in [0.29, 0.717) is 61.6 Å². The number of pyridine rings is 1. The third-order valence-electron chi connectivity index (χ3n) is 8.90. The number of anilines is 2. The van der Waals surface area contributed by atoms with Crippen molar-refractivity contribution in [1.82, 2.24) is 24.7 Å². The van der Waals surface area contributed by atoms with Gasteiger partial charge in [-0.3, -0.25) is 9.59 Å². The second-order valence-electron chi connectivity index (χ2n) is 12.0. The molecule has 1 atom stereocenters. The van der Waals surface area contributed by atoms with E-state index in [1.165, 1.54) is 5.56 Å². The molecule has 1 fully saturated rings. The van der Waals surface area contributed by atoms with Gasteiger partial charge in [-0.2, -0.15) is 0 Å². The van der Waals surface area contributed by atoms with Crippen LogP contribution in [0.15, 0.2) is 73.2 Å². The zero-order valence-electron chi connectivity index (χ0n) is 26.8. The Labute approximate surface area is 273 Å². The summed E-state index contributed by atoms with van der Waals surface area (Å²) in [6.07, 6.45) is 7.23. The number of morpholine rings is 1. The van der Waals surface area contributed by atoms with Gasteiger partial charge in [0.05, 0.1) is 26.0 Å². The lowest BCUT2D eigenvalue weighted by atomic mass is 9.93.